The Morgan fingerprint density at radius 3 is 1.38 bits per heavy atom. The Morgan fingerprint density at radius 1 is 0.690 bits per heavy atom. The van der Waals surface area contributed by atoms with E-state index in [4.69, 9.17) is 18.9 Å². The SMILES string of the molecule is CCC(C)COC(=O)c1cc(OC(=O)C2CCC(C(=O)Oc3ccc(O)c(C(=O)OCC(C)CC)c3)CC2)ccc1O. The predicted octanol–water partition coefficient (Wildman–Crippen LogP) is 5.82. The second-order valence-electron chi connectivity index (χ2n) is 11.0. The molecule has 0 bridgehead atoms. The third-order valence-corrected chi connectivity index (χ3v) is 7.60. The molecule has 1 aliphatic rings. The zero-order chi connectivity index (χ0) is 30.8. The van der Waals surface area contributed by atoms with Crippen LogP contribution >= 0.6 is 0 Å². The molecule has 1 aliphatic carbocycles. The van der Waals surface area contributed by atoms with Gasteiger partial charge in [0, 0.05) is 0 Å². The van der Waals surface area contributed by atoms with Crippen molar-refractivity contribution < 1.29 is 48.3 Å². The van der Waals surface area contributed by atoms with E-state index < -0.39 is 35.7 Å². The van der Waals surface area contributed by atoms with E-state index in [1.165, 1.54) is 36.4 Å². The van der Waals surface area contributed by atoms with Gasteiger partial charge in [0.1, 0.15) is 34.1 Å². The molecule has 0 saturated heterocycles. The van der Waals surface area contributed by atoms with Gasteiger partial charge in [-0.1, -0.05) is 40.5 Å². The minimum absolute atomic E-state index is 0.0868. The number of hydrogen-bond acceptors (Lipinski definition) is 10. The fourth-order valence-corrected chi connectivity index (χ4v) is 4.28. The average Bonchev–Trinajstić information content (AvgIpc) is 2.99. The van der Waals surface area contributed by atoms with E-state index in [0.29, 0.717) is 25.7 Å². The van der Waals surface area contributed by atoms with Gasteiger partial charge >= 0.3 is 23.9 Å². The lowest BCUT2D eigenvalue weighted by Crippen LogP contribution is -2.30. The molecule has 10 heteroatoms. The van der Waals surface area contributed by atoms with Crippen LogP contribution < -0.4 is 9.47 Å². The normalized spacial score (nSPS) is 17.9. The molecular weight excluding hydrogens is 544 g/mol. The van der Waals surface area contributed by atoms with Crippen molar-refractivity contribution in [1.29, 1.82) is 0 Å². The Kier molecular flexibility index (Phi) is 11.8. The predicted molar refractivity (Wildman–Crippen MR) is 152 cm³/mol. The quantitative estimate of drug-likeness (QED) is 0.231. The van der Waals surface area contributed by atoms with E-state index in [2.05, 4.69) is 0 Å². The molecule has 42 heavy (non-hydrogen) atoms. The number of hydrogen-bond donors (Lipinski definition) is 2. The van der Waals surface area contributed by atoms with Gasteiger partial charge in [0.05, 0.1) is 25.0 Å². The monoisotopic (exact) mass is 584 g/mol. The number of carbonyl (C=O) groups excluding carboxylic acids is 4. The lowest BCUT2D eigenvalue weighted by Gasteiger charge is -2.26. The highest BCUT2D eigenvalue weighted by Crippen LogP contribution is 2.33. The van der Waals surface area contributed by atoms with Crippen LogP contribution in [-0.2, 0) is 19.1 Å². The highest BCUT2D eigenvalue weighted by Gasteiger charge is 2.32. The van der Waals surface area contributed by atoms with Gasteiger partial charge in [-0.15, -0.1) is 0 Å². The van der Waals surface area contributed by atoms with E-state index in [1.807, 2.05) is 27.7 Å². The van der Waals surface area contributed by atoms with Crippen LogP contribution in [0, 0.1) is 23.7 Å². The number of benzene rings is 2. The summed E-state index contributed by atoms with van der Waals surface area (Å²) in [5.74, 6) is -3.27. The Labute approximate surface area is 245 Å². The highest BCUT2D eigenvalue weighted by atomic mass is 16.5. The molecule has 1 saturated carbocycles. The van der Waals surface area contributed by atoms with Crippen LogP contribution in [0.1, 0.15) is 86.9 Å². The van der Waals surface area contributed by atoms with Crippen molar-refractivity contribution in [3.8, 4) is 23.0 Å². The lowest BCUT2D eigenvalue weighted by molar-refractivity contribution is -0.145. The van der Waals surface area contributed by atoms with Crippen LogP contribution in [0.15, 0.2) is 36.4 Å². The van der Waals surface area contributed by atoms with Crippen LogP contribution in [0.4, 0.5) is 0 Å². The van der Waals surface area contributed by atoms with Crippen LogP contribution in [0.25, 0.3) is 0 Å². The van der Waals surface area contributed by atoms with Gasteiger partial charge in [-0.25, -0.2) is 9.59 Å². The van der Waals surface area contributed by atoms with Crippen molar-refractivity contribution in [2.75, 3.05) is 13.2 Å². The zero-order valence-electron chi connectivity index (χ0n) is 24.6. The van der Waals surface area contributed by atoms with Gasteiger partial charge in [0.2, 0.25) is 0 Å². The van der Waals surface area contributed by atoms with E-state index in [1.54, 1.807) is 0 Å². The van der Waals surface area contributed by atoms with Crippen molar-refractivity contribution in [2.24, 2.45) is 23.7 Å². The summed E-state index contributed by atoms with van der Waals surface area (Å²) in [6.45, 7) is 8.27. The summed E-state index contributed by atoms with van der Waals surface area (Å²) in [7, 11) is 0. The first-order valence-electron chi connectivity index (χ1n) is 14.5. The first-order chi connectivity index (χ1) is 20.0. The van der Waals surface area contributed by atoms with Crippen LogP contribution in [0.2, 0.25) is 0 Å². The molecule has 2 aromatic rings. The van der Waals surface area contributed by atoms with Crippen molar-refractivity contribution in [2.45, 2.75) is 66.2 Å². The third-order valence-electron chi connectivity index (χ3n) is 7.60. The Balaban J connectivity index is 1.53. The molecular formula is C32H40O10. The summed E-state index contributed by atoms with van der Waals surface area (Å²) in [5, 5.41) is 20.2. The minimum atomic E-state index is -0.701. The fraction of sp³-hybridized carbons (Fsp3) is 0.500. The van der Waals surface area contributed by atoms with Crippen molar-refractivity contribution in [3.05, 3.63) is 47.5 Å². The Morgan fingerprint density at radius 2 is 1.05 bits per heavy atom. The maximum atomic E-state index is 12.8. The van der Waals surface area contributed by atoms with Gasteiger partial charge in [-0.2, -0.15) is 0 Å². The summed E-state index contributed by atoms with van der Waals surface area (Å²) in [5.41, 5.74) is -0.174. The summed E-state index contributed by atoms with van der Waals surface area (Å²) in [4.78, 5) is 50.4. The molecule has 2 unspecified atom stereocenters. The number of aromatic hydroxyl groups is 2. The maximum Gasteiger partial charge on any atom is 0.342 e. The van der Waals surface area contributed by atoms with Crippen LogP contribution in [-0.4, -0.2) is 47.3 Å². The molecule has 10 nitrogen and oxygen atoms in total. The van der Waals surface area contributed by atoms with Gasteiger partial charge < -0.3 is 29.2 Å². The number of phenolic OH excluding ortho intramolecular Hbond substituents is 2. The topological polar surface area (TPSA) is 146 Å². The largest absolute Gasteiger partial charge is 0.507 e. The first-order valence-corrected chi connectivity index (χ1v) is 14.5. The molecule has 0 amide bonds. The summed E-state index contributed by atoms with van der Waals surface area (Å²) >= 11 is 0. The number of ether oxygens (including phenoxy) is 4. The minimum Gasteiger partial charge on any atom is -0.507 e. The zero-order valence-corrected chi connectivity index (χ0v) is 24.6. The summed E-state index contributed by atoms with van der Waals surface area (Å²) in [6.07, 6.45) is 3.24. The average molecular weight is 585 g/mol. The van der Waals surface area contributed by atoms with E-state index in [0.717, 1.165) is 12.8 Å². The third kappa shape index (κ3) is 8.96. The van der Waals surface area contributed by atoms with Gasteiger partial charge in [0.15, 0.2) is 0 Å². The van der Waals surface area contributed by atoms with Gasteiger partial charge in [-0.3, -0.25) is 9.59 Å². The molecule has 228 valence electrons. The van der Waals surface area contributed by atoms with Crippen molar-refractivity contribution in [1.82, 2.24) is 0 Å². The highest BCUT2D eigenvalue weighted by molar-refractivity contribution is 5.93. The number of esters is 4. The number of rotatable bonds is 12. The lowest BCUT2D eigenvalue weighted by atomic mass is 9.82. The van der Waals surface area contributed by atoms with E-state index in [-0.39, 0.29) is 59.2 Å². The molecule has 0 spiro atoms. The maximum absolute atomic E-state index is 12.8. The summed E-state index contributed by atoms with van der Waals surface area (Å²) < 4.78 is 21.5. The second kappa shape index (κ2) is 15.2. The molecule has 2 N–H and O–H groups in total. The molecule has 0 heterocycles. The van der Waals surface area contributed by atoms with Crippen LogP contribution in [0.3, 0.4) is 0 Å². The van der Waals surface area contributed by atoms with Gasteiger partial charge in [-0.05, 0) is 73.9 Å². The second-order valence-corrected chi connectivity index (χ2v) is 11.0. The van der Waals surface area contributed by atoms with Gasteiger partial charge in [0.25, 0.3) is 0 Å². The van der Waals surface area contributed by atoms with Crippen molar-refractivity contribution in [3.63, 3.8) is 0 Å². The van der Waals surface area contributed by atoms with E-state index in [9.17, 15) is 29.4 Å². The number of phenols is 2. The first kappa shape index (κ1) is 32.4. The fourth-order valence-electron chi connectivity index (χ4n) is 4.28. The molecule has 2 aromatic carbocycles. The molecule has 2 atom stereocenters. The number of carbonyl (C=O) groups is 4. The Hall–Kier alpha value is -4.08. The van der Waals surface area contributed by atoms with E-state index >= 15 is 0 Å². The molecule has 0 aromatic heterocycles. The van der Waals surface area contributed by atoms with Crippen LogP contribution in [0.5, 0.6) is 23.0 Å². The molecule has 1 fully saturated rings. The molecule has 3 rings (SSSR count). The smallest absolute Gasteiger partial charge is 0.342 e. The molecule has 0 aliphatic heterocycles. The Bertz CT molecular complexity index is 1160. The standard InChI is InChI=1S/C32H40O10/c1-5-19(3)17-39-31(37)25-15-23(11-13-27(25)33)41-29(35)21-7-9-22(10-8-21)30(36)42-24-12-14-28(34)26(16-24)32(38)40-18-20(4)6-2/h11-16,19-22,33-34H,5-10,17-18H2,1-4H3. The van der Waals surface area contributed by atoms with Crippen molar-refractivity contribution >= 4 is 23.9 Å². The summed E-state index contributed by atoms with van der Waals surface area (Å²) in [6, 6.07) is 7.90. The molecule has 0 radical (unpaired) electrons.